The van der Waals surface area contributed by atoms with E-state index < -0.39 is 0 Å². The molecule has 1 saturated heterocycles. The predicted molar refractivity (Wildman–Crippen MR) is 103 cm³/mol. The normalized spacial score (nSPS) is 16.2. The van der Waals surface area contributed by atoms with Crippen LogP contribution < -0.4 is 19.1 Å². The standard InChI is InChI=1S/C20H20N4O5/c1-26-15-9-14(10-16(27-2)18(15)28-3)24-11-13(8-17(24)25)20-22-19(23-29-20)12-4-6-21-7-5-12/h4-7,9-10,13H,8,11H2,1-3H3. The van der Waals surface area contributed by atoms with Gasteiger partial charge >= 0.3 is 0 Å². The summed E-state index contributed by atoms with van der Waals surface area (Å²) in [6, 6.07) is 7.10. The van der Waals surface area contributed by atoms with E-state index in [-0.39, 0.29) is 18.2 Å². The zero-order valence-electron chi connectivity index (χ0n) is 16.3. The average Bonchev–Trinajstić information content (AvgIpc) is 3.40. The first-order valence-electron chi connectivity index (χ1n) is 8.99. The second-order valence-electron chi connectivity index (χ2n) is 6.48. The van der Waals surface area contributed by atoms with E-state index in [0.29, 0.717) is 41.2 Å². The molecule has 1 aromatic carbocycles. The van der Waals surface area contributed by atoms with Gasteiger partial charge in [-0.1, -0.05) is 5.16 Å². The van der Waals surface area contributed by atoms with Gasteiger partial charge in [-0.2, -0.15) is 4.98 Å². The molecule has 4 rings (SSSR count). The molecule has 0 N–H and O–H groups in total. The van der Waals surface area contributed by atoms with Gasteiger partial charge in [-0.3, -0.25) is 9.78 Å². The highest BCUT2D eigenvalue weighted by Crippen LogP contribution is 2.43. The highest BCUT2D eigenvalue weighted by Gasteiger charge is 2.36. The van der Waals surface area contributed by atoms with Gasteiger partial charge in [0.2, 0.25) is 23.4 Å². The monoisotopic (exact) mass is 396 g/mol. The quantitative estimate of drug-likeness (QED) is 0.627. The van der Waals surface area contributed by atoms with Gasteiger partial charge in [-0.15, -0.1) is 0 Å². The summed E-state index contributed by atoms with van der Waals surface area (Å²) in [5, 5.41) is 4.03. The van der Waals surface area contributed by atoms with Crippen LogP contribution in [-0.4, -0.2) is 48.9 Å². The minimum atomic E-state index is -0.204. The lowest BCUT2D eigenvalue weighted by Gasteiger charge is -2.20. The van der Waals surface area contributed by atoms with Gasteiger partial charge in [-0.25, -0.2) is 0 Å². The third-order valence-electron chi connectivity index (χ3n) is 4.82. The summed E-state index contributed by atoms with van der Waals surface area (Å²) < 4.78 is 21.6. The fourth-order valence-corrected chi connectivity index (χ4v) is 3.36. The van der Waals surface area contributed by atoms with E-state index in [4.69, 9.17) is 18.7 Å². The van der Waals surface area contributed by atoms with Crippen LogP contribution in [0.4, 0.5) is 5.69 Å². The van der Waals surface area contributed by atoms with Crippen molar-refractivity contribution in [1.29, 1.82) is 0 Å². The average molecular weight is 396 g/mol. The van der Waals surface area contributed by atoms with E-state index in [1.54, 1.807) is 41.6 Å². The summed E-state index contributed by atoms with van der Waals surface area (Å²) in [6.07, 6.45) is 3.60. The van der Waals surface area contributed by atoms with Crippen LogP contribution in [0.15, 0.2) is 41.2 Å². The van der Waals surface area contributed by atoms with Gasteiger partial charge in [0.15, 0.2) is 11.5 Å². The van der Waals surface area contributed by atoms with Crippen molar-refractivity contribution in [3.05, 3.63) is 42.5 Å². The fourth-order valence-electron chi connectivity index (χ4n) is 3.36. The number of hydrogen-bond acceptors (Lipinski definition) is 8. The zero-order chi connectivity index (χ0) is 20.4. The van der Waals surface area contributed by atoms with Crippen molar-refractivity contribution in [3.8, 4) is 28.6 Å². The molecular formula is C20H20N4O5. The minimum absolute atomic E-state index is 0.0482. The van der Waals surface area contributed by atoms with Crippen molar-refractivity contribution in [2.75, 3.05) is 32.8 Å². The molecule has 1 atom stereocenters. The number of benzene rings is 1. The number of aromatic nitrogens is 3. The summed E-state index contributed by atoms with van der Waals surface area (Å²) in [7, 11) is 4.61. The van der Waals surface area contributed by atoms with Gasteiger partial charge < -0.3 is 23.6 Å². The Morgan fingerprint density at radius 2 is 1.76 bits per heavy atom. The number of carbonyl (C=O) groups excluding carboxylic acids is 1. The lowest BCUT2D eigenvalue weighted by Crippen LogP contribution is -2.24. The van der Waals surface area contributed by atoms with Crippen molar-refractivity contribution in [3.63, 3.8) is 0 Å². The highest BCUT2D eigenvalue weighted by atomic mass is 16.5. The maximum absolute atomic E-state index is 12.7. The molecule has 9 nitrogen and oxygen atoms in total. The molecule has 9 heteroatoms. The molecule has 0 saturated carbocycles. The van der Waals surface area contributed by atoms with Crippen molar-refractivity contribution in [1.82, 2.24) is 15.1 Å². The predicted octanol–water partition coefficient (Wildman–Crippen LogP) is 2.68. The second-order valence-corrected chi connectivity index (χ2v) is 6.48. The van der Waals surface area contributed by atoms with Crippen LogP contribution in [0.5, 0.6) is 17.2 Å². The van der Waals surface area contributed by atoms with Crippen LogP contribution in [0.25, 0.3) is 11.4 Å². The molecule has 150 valence electrons. The van der Waals surface area contributed by atoms with Gasteiger partial charge in [0, 0.05) is 43.1 Å². The summed E-state index contributed by atoms with van der Waals surface area (Å²) in [4.78, 5) is 22.8. The largest absolute Gasteiger partial charge is 0.493 e. The van der Waals surface area contributed by atoms with Crippen molar-refractivity contribution >= 4 is 11.6 Å². The molecular weight excluding hydrogens is 376 g/mol. The molecule has 29 heavy (non-hydrogen) atoms. The van der Waals surface area contributed by atoms with Crippen LogP contribution in [0, 0.1) is 0 Å². The summed E-state index contributed by atoms with van der Waals surface area (Å²) in [5.41, 5.74) is 1.46. The van der Waals surface area contributed by atoms with Gasteiger partial charge in [-0.05, 0) is 12.1 Å². The smallest absolute Gasteiger partial charge is 0.232 e. The Balaban J connectivity index is 1.60. The number of hydrogen-bond donors (Lipinski definition) is 0. The van der Waals surface area contributed by atoms with Crippen molar-refractivity contribution < 1.29 is 23.5 Å². The van der Waals surface area contributed by atoms with E-state index in [1.807, 2.05) is 0 Å². The molecule has 1 amide bonds. The van der Waals surface area contributed by atoms with Crippen LogP contribution in [0.2, 0.25) is 0 Å². The van der Waals surface area contributed by atoms with Gasteiger partial charge in [0.1, 0.15) is 0 Å². The Hall–Kier alpha value is -3.62. The number of ether oxygens (including phenoxy) is 3. The Kier molecular flexibility index (Phi) is 5.03. The molecule has 1 fully saturated rings. The summed E-state index contributed by atoms with van der Waals surface area (Å²) in [5.74, 6) is 2.09. The van der Waals surface area contributed by atoms with E-state index in [0.717, 1.165) is 5.56 Å². The number of nitrogens with zero attached hydrogens (tertiary/aromatic N) is 4. The van der Waals surface area contributed by atoms with Crippen LogP contribution >= 0.6 is 0 Å². The molecule has 1 aliphatic heterocycles. The Labute approximate surface area is 167 Å². The second kappa shape index (κ2) is 7.78. The van der Waals surface area contributed by atoms with E-state index in [2.05, 4.69) is 15.1 Å². The third kappa shape index (κ3) is 3.46. The maximum Gasteiger partial charge on any atom is 0.232 e. The molecule has 1 aliphatic rings. The number of anilines is 1. The number of pyridine rings is 1. The molecule has 0 aliphatic carbocycles. The van der Waals surface area contributed by atoms with E-state index in [1.165, 1.54) is 21.3 Å². The Bertz CT molecular complexity index is 996. The summed E-state index contributed by atoms with van der Waals surface area (Å²) in [6.45, 7) is 0.412. The Morgan fingerprint density at radius 1 is 1.07 bits per heavy atom. The highest BCUT2D eigenvalue weighted by molar-refractivity contribution is 5.97. The van der Waals surface area contributed by atoms with Crippen molar-refractivity contribution in [2.45, 2.75) is 12.3 Å². The first kappa shape index (κ1) is 18.7. The molecule has 0 spiro atoms. The number of methoxy groups -OCH3 is 3. The molecule has 3 heterocycles. The maximum atomic E-state index is 12.7. The van der Waals surface area contributed by atoms with Crippen LogP contribution in [0.3, 0.4) is 0 Å². The zero-order valence-corrected chi connectivity index (χ0v) is 16.3. The van der Waals surface area contributed by atoms with Gasteiger partial charge in [0.25, 0.3) is 0 Å². The number of carbonyl (C=O) groups is 1. The first-order valence-corrected chi connectivity index (χ1v) is 8.99. The Morgan fingerprint density at radius 3 is 2.38 bits per heavy atom. The SMILES string of the molecule is COc1cc(N2CC(c3nc(-c4ccncc4)no3)CC2=O)cc(OC)c1OC. The molecule has 2 aromatic heterocycles. The van der Waals surface area contributed by atoms with Crippen molar-refractivity contribution in [2.24, 2.45) is 0 Å². The molecule has 0 bridgehead atoms. The fraction of sp³-hybridized carbons (Fsp3) is 0.300. The molecule has 0 radical (unpaired) electrons. The first-order chi connectivity index (χ1) is 14.1. The molecule has 1 unspecified atom stereocenters. The van der Waals surface area contributed by atoms with E-state index >= 15 is 0 Å². The number of amides is 1. The molecule has 3 aromatic rings. The minimum Gasteiger partial charge on any atom is -0.493 e. The lowest BCUT2D eigenvalue weighted by atomic mass is 10.1. The topological polar surface area (TPSA) is 99.8 Å². The number of rotatable bonds is 6. The van der Waals surface area contributed by atoms with Crippen LogP contribution in [-0.2, 0) is 4.79 Å². The summed E-state index contributed by atoms with van der Waals surface area (Å²) >= 11 is 0. The van der Waals surface area contributed by atoms with Crippen LogP contribution in [0.1, 0.15) is 18.2 Å². The lowest BCUT2D eigenvalue weighted by molar-refractivity contribution is -0.117. The third-order valence-corrected chi connectivity index (χ3v) is 4.82. The van der Waals surface area contributed by atoms with E-state index in [9.17, 15) is 4.79 Å². The van der Waals surface area contributed by atoms with Gasteiger partial charge in [0.05, 0.1) is 32.9 Å².